The van der Waals surface area contributed by atoms with Crippen LogP contribution in [0.15, 0.2) is 36.4 Å². The van der Waals surface area contributed by atoms with E-state index in [1.165, 1.54) is 30.5 Å². The maximum atomic E-state index is 12.8. The predicted octanol–water partition coefficient (Wildman–Crippen LogP) is 5.38. The molecule has 0 aromatic heterocycles. The molecule has 4 rings (SSSR count). The molecule has 2 aliphatic heterocycles. The number of benzene rings is 2. The normalized spacial score (nSPS) is 18.0. The molecule has 1 unspecified atom stereocenters. The molecule has 0 radical (unpaired) electrons. The monoisotopic (exact) mass is 412 g/mol. The van der Waals surface area contributed by atoms with Crippen molar-refractivity contribution in [3.8, 4) is 0 Å². The van der Waals surface area contributed by atoms with Gasteiger partial charge in [0.2, 0.25) is 0 Å². The molecule has 0 spiro atoms. The van der Waals surface area contributed by atoms with Gasteiger partial charge in [-0.15, -0.1) is 12.4 Å². The van der Waals surface area contributed by atoms with Crippen molar-refractivity contribution < 1.29 is 9.59 Å². The summed E-state index contributed by atoms with van der Waals surface area (Å²) in [6.45, 7) is 7.98. The number of Topliss-reactive ketones (excluding diaryl/α,β-unsaturated/α-hetero) is 1. The lowest BCUT2D eigenvalue weighted by Gasteiger charge is -2.32. The largest absolute Gasteiger partial charge is 0.322 e. The Morgan fingerprint density at radius 2 is 1.90 bits per heavy atom. The topological polar surface area (TPSA) is 49.4 Å². The van der Waals surface area contributed by atoms with Crippen LogP contribution in [-0.4, -0.2) is 29.7 Å². The molecule has 0 saturated carbocycles. The van der Waals surface area contributed by atoms with Crippen LogP contribution in [0.5, 0.6) is 0 Å². The number of rotatable bonds is 4. The molecule has 4 nitrogen and oxygen atoms in total. The van der Waals surface area contributed by atoms with E-state index in [-0.39, 0.29) is 30.0 Å². The maximum absolute atomic E-state index is 12.8. The molecule has 29 heavy (non-hydrogen) atoms. The molecule has 154 valence electrons. The highest BCUT2D eigenvalue weighted by Crippen LogP contribution is 2.38. The van der Waals surface area contributed by atoms with Gasteiger partial charge in [-0.25, -0.2) is 0 Å². The second-order valence-electron chi connectivity index (χ2n) is 8.32. The number of halogens is 1. The summed E-state index contributed by atoms with van der Waals surface area (Å²) in [5.74, 6) is 0.0660. The van der Waals surface area contributed by atoms with E-state index in [1.54, 1.807) is 13.0 Å². The average molecular weight is 413 g/mol. The number of hydrogen-bond donors (Lipinski definition) is 1. The zero-order valence-corrected chi connectivity index (χ0v) is 18.1. The number of nitrogens with one attached hydrogen (secondary N) is 1. The summed E-state index contributed by atoms with van der Waals surface area (Å²) in [5.41, 5.74) is 5.74. The Morgan fingerprint density at radius 3 is 2.62 bits per heavy atom. The number of fused-ring (bicyclic) bond motifs is 3. The fourth-order valence-corrected chi connectivity index (χ4v) is 4.63. The van der Waals surface area contributed by atoms with E-state index in [4.69, 9.17) is 0 Å². The molecule has 2 aromatic rings. The van der Waals surface area contributed by atoms with Crippen molar-refractivity contribution in [2.75, 3.05) is 18.4 Å². The summed E-state index contributed by atoms with van der Waals surface area (Å²) in [7, 11) is 0. The van der Waals surface area contributed by atoms with E-state index in [0.29, 0.717) is 17.2 Å². The van der Waals surface area contributed by atoms with Crippen LogP contribution in [0.4, 0.5) is 5.69 Å². The van der Waals surface area contributed by atoms with Crippen LogP contribution < -0.4 is 5.32 Å². The molecular weight excluding hydrogens is 384 g/mol. The number of hydrogen-bond acceptors (Lipinski definition) is 3. The smallest absolute Gasteiger partial charge is 0.255 e. The number of amides is 1. The van der Waals surface area contributed by atoms with Gasteiger partial charge >= 0.3 is 0 Å². The summed E-state index contributed by atoms with van der Waals surface area (Å²) in [4.78, 5) is 27.4. The summed E-state index contributed by atoms with van der Waals surface area (Å²) >= 11 is 0. The minimum Gasteiger partial charge on any atom is -0.322 e. The first kappa shape index (κ1) is 21.5. The van der Waals surface area contributed by atoms with E-state index in [1.807, 2.05) is 18.2 Å². The standard InChI is InChI=1S/C24H28N2O2.ClH/c1-15(2)20-9-7-18(13-21(20)16(3)27)24(28)25-19-8-6-17-10-12-26-11-4-5-23(26)22(17)14-19;/h6-9,13-15,23H,4-5,10-12H2,1-3H3,(H,25,28);1H. The van der Waals surface area contributed by atoms with Gasteiger partial charge in [0.1, 0.15) is 0 Å². The molecular formula is C24H29ClN2O2. The Morgan fingerprint density at radius 1 is 1.10 bits per heavy atom. The van der Waals surface area contributed by atoms with Crippen LogP contribution >= 0.6 is 12.4 Å². The second-order valence-corrected chi connectivity index (χ2v) is 8.32. The predicted molar refractivity (Wildman–Crippen MR) is 119 cm³/mol. The van der Waals surface area contributed by atoms with Crippen LogP contribution in [0.25, 0.3) is 0 Å². The molecule has 5 heteroatoms. The average Bonchev–Trinajstić information content (AvgIpc) is 3.16. The molecule has 0 aliphatic carbocycles. The first-order chi connectivity index (χ1) is 13.4. The van der Waals surface area contributed by atoms with Crippen molar-refractivity contribution in [3.05, 3.63) is 64.2 Å². The fourth-order valence-electron chi connectivity index (χ4n) is 4.63. The van der Waals surface area contributed by atoms with Gasteiger partial charge in [-0.05, 0) is 79.6 Å². The third-order valence-corrected chi connectivity index (χ3v) is 6.11. The van der Waals surface area contributed by atoms with Crippen LogP contribution in [0.3, 0.4) is 0 Å². The Hall–Kier alpha value is -2.17. The first-order valence-electron chi connectivity index (χ1n) is 10.3. The third kappa shape index (κ3) is 4.24. The van der Waals surface area contributed by atoms with Gasteiger partial charge in [-0.3, -0.25) is 14.5 Å². The van der Waals surface area contributed by atoms with Gasteiger partial charge in [-0.2, -0.15) is 0 Å². The second kappa shape index (κ2) is 8.68. The molecule has 2 aromatic carbocycles. The lowest BCUT2D eigenvalue weighted by atomic mass is 9.92. The highest BCUT2D eigenvalue weighted by Gasteiger charge is 2.31. The van der Waals surface area contributed by atoms with Gasteiger partial charge < -0.3 is 5.32 Å². The highest BCUT2D eigenvalue weighted by molar-refractivity contribution is 6.06. The summed E-state index contributed by atoms with van der Waals surface area (Å²) in [5, 5.41) is 3.03. The van der Waals surface area contributed by atoms with Crippen molar-refractivity contribution in [2.45, 2.75) is 52.0 Å². The van der Waals surface area contributed by atoms with Crippen molar-refractivity contribution in [1.29, 1.82) is 0 Å². The van der Waals surface area contributed by atoms with Crippen molar-refractivity contribution in [1.82, 2.24) is 4.90 Å². The summed E-state index contributed by atoms with van der Waals surface area (Å²) < 4.78 is 0. The van der Waals surface area contributed by atoms with E-state index < -0.39 is 0 Å². The van der Waals surface area contributed by atoms with Gasteiger partial charge in [0, 0.05) is 29.4 Å². The van der Waals surface area contributed by atoms with Crippen molar-refractivity contribution >= 4 is 29.8 Å². The quantitative estimate of drug-likeness (QED) is 0.686. The zero-order valence-electron chi connectivity index (χ0n) is 17.3. The van der Waals surface area contributed by atoms with Gasteiger partial charge in [0.15, 0.2) is 5.78 Å². The first-order valence-corrected chi connectivity index (χ1v) is 10.3. The molecule has 2 aliphatic rings. The molecule has 0 bridgehead atoms. The number of carbonyl (C=O) groups excluding carboxylic acids is 2. The van der Waals surface area contributed by atoms with Gasteiger partial charge in [0.05, 0.1) is 0 Å². The number of carbonyl (C=O) groups is 2. The van der Waals surface area contributed by atoms with Crippen LogP contribution in [0.2, 0.25) is 0 Å². The third-order valence-electron chi connectivity index (χ3n) is 6.11. The van der Waals surface area contributed by atoms with Crippen molar-refractivity contribution in [2.24, 2.45) is 0 Å². The van der Waals surface area contributed by atoms with Crippen molar-refractivity contribution in [3.63, 3.8) is 0 Å². The molecule has 1 fully saturated rings. The SMILES string of the molecule is CC(=O)c1cc(C(=O)Nc2ccc3c(c2)C2CCCN2CC3)ccc1C(C)C.Cl. The van der Waals surface area contributed by atoms with E-state index in [9.17, 15) is 9.59 Å². The lowest BCUT2D eigenvalue weighted by molar-refractivity contribution is 0.101. The summed E-state index contributed by atoms with van der Waals surface area (Å²) in [6.07, 6.45) is 3.53. The van der Waals surface area contributed by atoms with Gasteiger partial charge in [0.25, 0.3) is 5.91 Å². The molecule has 2 heterocycles. The van der Waals surface area contributed by atoms with E-state index in [0.717, 1.165) is 24.2 Å². The highest BCUT2D eigenvalue weighted by atomic mass is 35.5. The van der Waals surface area contributed by atoms with Crippen LogP contribution in [0.1, 0.15) is 83.0 Å². The fraction of sp³-hybridized carbons (Fsp3) is 0.417. The lowest BCUT2D eigenvalue weighted by Crippen LogP contribution is -2.31. The Kier molecular flexibility index (Phi) is 6.45. The summed E-state index contributed by atoms with van der Waals surface area (Å²) in [6, 6.07) is 12.2. The van der Waals surface area contributed by atoms with E-state index in [2.05, 4.69) is 36.2 Å². The molecule has 1 saturated heterocycles. The molecule has 1 atom stereocenters. The minimum absolute atomic E-state index is 0. The maximum Gasteiger partial charge on any atom is 0.255 e. The van der Waals surface area contributed by atoms with Crippen LogP contribution in [-0.2, 0) is 6.42 Å². The molecule has 1 N–H and O–H groups in total. The van der Waals surface area contributed by atoms with E-state index >= 15 is 0 Å². The Bertz CT molecular complexity index is 938. The zero-order chi connectivity index (χ0) is 19.8. The molecule has 1 amide bonds. The van der Waals surface area contributed by atoms with Gasteiger partial charge in [-0.1, -0.05) is 26.0 Å². The Labute approximate surface area is 179 Å². The number of anilines is 1. The Balaban J connectivity index is 0.00000240. The van der Waals surface area contributed by atoms with Crippen LogP contribution in [0, 0.1) is 0 Å². The minimum atomic E-state index is -0.170. The number of nitrogens with zero attached hydrogens (tertiary/aromatic N) is 1. The number of ketones is 1.